The van der Waals surface area contributed by atoms with E-state index in [1.165, 1.54) is 24.5 Å². The summed E-state index contributed by atoms with van der Waals surface area (Å²) in [5.74, 6) is 0.369. The maximum absolute atomic E-state index is 12.1. The number of nitrogens with zero attached hydrogens (tertiary/aromatic N) is 2. The quantitative estimate of drug-likeness (QED) is 0.784. The van der Waals surface area contributed by atoms with Gasteiger partial charge in [-0.05, 0) is 37.4 Å². The van der Waals surface area contributed by atoms with Crippen LogP contribution in [0.3, 0.4) is 0 Å². The summed E-state index contributed by atoms with van der Waals surface area (Å²) in [5.41, 5.74) is 0.671. The van der Waals surface area contributed by atoms with Gasteiger partial charge in [-0.25, -0.2) is 4.99 Å². The number of nitriles is 1. The Balaban J connectivity index is 2.10. The average molecular weight is 338 g/mol. The van der Waals surface area contributed by atoms with E-state index in [4.69, 9.17) is 9.15 Å². The first-order valence-corrected chi connectivity index (χ1v) is 8.14. The third-order valence-electron chi connectivity index (χ3n) is 3.62. The van der Waals surface area contributed by atoms with Gasteiger partial charge in [0, 0.05) is 16.7 Å². The molecule has 2 aromatic heterocycles. The van der Waals surface area contributed by atoms with Gasteiger partial charge in [-0.15, -0.1) is 11.3 Å². The molecule has 1 aliphatic heterocycles. The molecule has 1 aliphatic rings. The lowest BCUT2D eigenvalue weighted by Crippen LogP contribution is -2.19. The van der Waals surface area contributed by atoms with Crippen molar-refractivity contribution in [3.05, 3.63) is 69.3 Å². The Hall–Kier alpha value is -2.91. The second-order valence-corrected chi connectivity index (χ2v) is 6.16. The number of carbonyl (C=O) groups excluding carboxylic acids is 1. The van der Waals surface area contributed by atoms with Crippen LogP contribution in [-0.2, 0) is 9.53 Å². The fraction of sp³-hybridized carbons (Fsp3) is 0.167. The highest BCUT2D eigenvalue weighted by Crippen LogP contribution is 2.40. The molecule has 120 valence electrons. The standard InChI is InChI=1S/C18H14N2O3S/c1-11(21)16-12(2)23-18(20-10-13-5-4-8-24-13)14(9-19)17(16)15-6-3-7-22-15/h3-8,10,17H,1-2H3/b20-10+. The molecule has 0 spiro atoms. The Bertz CT molecular complexity index is 881. The van der Waals surface area contributed by atoms with Crippen molar-refractivity contribution in [1.29, 1.82) is 5.26 Å². The van der Waals surface area contributed by atoms with Crippen molar-refractivity contribution in [3.8, 4) is 6.07 Å². The molecule has 3 rings (SSSR count). The molecule has 24 heavy (non-hydrogen) atoms. The number of ether oxygens (including phenoxy) is 1. The Morgan fingerprint density at radius 1 is 1.42 bits per heavy atom. The van der Waals surface area contributed by atoms with Gasteiger partial charge in [-0.3, -0.25) is 4.79 Å². The van der Waals surface area contributed by atoms with Crippen LogP contribution in [0.4, 0.5) is 0 Å². The highest BCUT2D eigenvalue weighted by atomic mass is 32.1. The first-order chi connectivity index (χ1) is 11.6. The van der Waals surface area contributed by atoms with Crippen LogP contribution in [0.15, 0.2) is 68.1 Å². The zero-order valence-corrected chi connectivity index (χ0v) is 14.0. The highest BCUT2D eigenvalue weighted by molar-refractivity contribution is 7.11. The highest BCUT2D eigenvalue weighted by Gasteiger charge is 2.36. The normalized spacial score (nSPS) is 18.0. The topological polar surface area (TPSA) is 75.6 Å². The molecule has 6 heteroatoms. The Kier molecular flexibility index (Phi) is 4.45. The second-order valence-electron chi connectivity index (χ2n) is 5.18. The van der Waals surface area contributed by atoms with Gasteiger partial charge in [0.1, 0.15) is 23.2 Å². The lowest BCUT2D eigenvalue weighted by atomic mass is 9.85. The van der Waals surface area contributed by atoms with Gasteiger partial charge in [0.2, 0.25) is 5.88 Å². The van der Waals surface area contributed by atoms with Crippen molar-refractivity contribution in [3.63, 3.8) is 0 Å². The number of furan rings is 1. The summed E-state index contributed by atoms with van der Waals surface area (Å²) in [5, 5.41) is 11.6. The summed E-state index contributed by atoms with van der Waals surface area (Å²) in [4.78, 5) is 17.3. The van der Waals surface area contributed by atoms with Gasteiger partial charge in [-0.1, -0.05) is 6.07 Å². The first-order valence-electron chi connectivity index (χ1n) is 7.26. The number of hydrogen-bond acceptors (Lipinski definition) is 6. The number of Topliss-reactive ketones (excluding diaryl/α,β-unsaturated/α-hetero) is 1. The maximum Gasteiger partial charge on any atom is 0.233 e. The molecule has 1 atom stereocenters. The molecule has 3 heterocycles. The van der Waals surface area contributed by atoms with Gasteiger partial charge in [0.25, 0.3) is 0 Å². The average Bonchev–Trinajstić information content (AvgIpc) is 3.25. The van der Waals surface area contributed by atoms with Crippen LogP contribution in [0.5, 0.6) is 0 Å². The Morgan fingerprint density at radius 2 is 2.25 bits per heavy atom. The van der Waals surface area contributed by atoms with E-state index in [1.54, 1.807) is 25.3 Å². The second kappa shape index (κ2) is 6.69. The van der Waals surface area contributed by atoms with E-state index in [9.17, 15) is 10.1 Å². The SMILES string of the molecule is CC(=O)C1=C(C)OC(/N=C/c2cccs2)=C(C#N)C1c1ccco1. The molecule has 0 saturated carbocycles. The van der Waals surface area contributed by atoms with Gasteiger partial charge < -0.3 is 9.15 Å². The summed E-state index contributed by atoms with van der Waals surface area (Å²) >= 11 is 1.53. The maximum atomic E-state index is 12.1. The summed E-state index contributed by atoms with van der Waals surface area (Å²) in [6, 6.07) is 9.42. The number of hydrogen-bond donors (Lipinski definition) is 0. The van der Waals surface area contributed by atoms with Crippen molar-refractivity contribution in [2.45, 2.75) is 19.8 Å². The molecule has 0 radical (unpaired) electrons. The largest absolute Gasteiger partial charge is 0.468 e. The van der Waals surface area contributed by atoms with Crippen molar-refractivity contribution < 1.29 is 13.9 Å². The lowest BCUT2D eigenvalue weighted by molar-refractivity contribution is -0.114. The van der Waals surface area contributed by atoms with E-state index in [1.807, 2.05) is 17.5 Å². The van der Waals surface area contributed by atoms with Crippen LogP contribution < -0.4 is 0 Å². The van der Waals surface area contributed by atoms with E-state index >= 15 is 0 Å². The van der Waals surface area contributed by atoms with E-state index in [2.05, 4.69) is 11.1 Å². The number of rotatable bonds is 4. The van der Waals surface area contributed by atoms with Gasteiger partial charge in [0.05, 0.1) is 12.2 Å². The zero-order chi connectivity index (χ0) is 17.1. The minimum Gasteiger partial charge on any atom is -0.468 e. The number of allylic oxidation sites excluding steroid dienone is 3. The predicted molar refractivity (Wildman–Crippen MR) is 90.5 cm³/mol. The molecule has 0 aliphatic carbocycles. The van der Waals surface area contributed by atoms with Crippen molar-refractivity contribution in [1.82, 2.24) is 0 Å². The van der Waals surface area contributed by atoms with Crippen LogP contribution in [0, 0.1) is 11.3 Å². The summed E-state index contributed by atoms with van der Waals surface area (Å²) in [7, 11) is 0. The Morgan fingerprint density at radius 3 is 2.83 bits per heavy atom. The summed E-state index contributed by atoms with van der Waals surface area (Å²) in [6.45, 7) is 3.15. The predicted octanol–water partition coefficient (Wildman–Crippen LogP) is 4.17. The van der Waals surface area contributed by atoms with Crippen LogP contribution in [-0.4, -0.2) is 12.0 Å². The minimum absolute atomic E-state index is 0.164. The minimum atomic E-state index is -0.605. The fourth-order valence-electron chi connectivity index (χ4n) is 2.61. The van der Waals surface area contributed by atoms with Crippen molar-refractivity contribution in [2.24, 2.45) is 4.99 Å². The summed E-state index contributed by atoms with van der Waals surface area (Å²) < 4.78 is 11.1. The first kappa shape index (κ1) is 16.0. The van der Waals surface area contributed by atoms with Crippen LogP contribution >= 0.6 is 11.3 Å². The van der Waals surface area contributed by atoms with E-state index in [0.717, 1.165) is 4.88 Å². The van der Waals surface area contributed by atoms with Crippen LogP contribution in [0.25, 0.3) is 0 Å². The van der Waals surface area contributed by atoms with Crippen LogP contribution in [0.2, 0.25) is 0 Å². The zero-order valence-electron chi connectivity index (χ0n) is 13.1. The number of carbonyl (C=O) groups is 1. The van der Waals surface area contributed by atoms with E-state index in [0.29, 0.717) is 17.1 Å². The molecule has 0 bridgehead atoms. The third-order valence-corrected chi connectivity index (χ3v) is 4.42. The molecule has 0 amide bonds. The van der Waals surface area contributed by atoms with Crippen LogP contribution in [0.1, 0.15) is 30.4 Å². The number of ketones is 1. The molecule has 1 unspecified atom stereocenters. The van der Waals surface area contributed by atoms with Gasteiger partial charge >= 0.3 is 0 Å². The molecule has 0 fully saturated rings. The molecular weight excluding hydrogens is 324 g/mol. The monoisotopic (exact) mass is 338 g/mol. The molecule has 5 nitrogen and oxygen atoms in total. The lowest BCUT2D eigenvalue weighted by Gasteiger charge is -2.24. The van der Waals surface area contributed by atoms with Crippen molar-refractivity contribution in [2.75, 3.05) is 0 Å². The van der Waals surface area contributed by atoms with Gasteiger partial charge in [0.15, 0.2) is 5.78 Å². The molecule has 0 aromatic carbocycles. The smallest absolute Gasteiger partial charge is 0.233 e. The Labute approximate surface area is 143 Å². The third kappa shape index (κ3) is 2.94. The van der Waals surface area contributed by atoms with E-state index in [-0.39, 0.29) is 17.2 Å². The van der Waals surface area contributed by atoms with E-state index < -0.39 is 5.92 Å². The molecule has 2 aromatic rings. The molecular formula is C18H14N2O3S. The molecule has 0 N–H and O–H groups in total. The van der Waals surface area contributed by atoms with Crippen molar-refractivity contribution >= 4 is 23.3 Å². The summed E-state index contributed by atoms with van der Waals surface area (Å²) in [6.07, 6.45) is 3.16. The number of aliphatic imine (C=N–C) groups is 1. The molecule has 0 saturated heterocycles. The van der Waals surface area contributed by atoms with Gasteiger partial charge in [-0.2, -0.15) is 5.26 Å². The fourth-order valence-corrected chi connectivity index (χ4v) is 3.20. The number of thiophene rings is 1.